The second-order valence-electron chi connectivity index (χ2n) is 4.53. The molecule has 0 aliphatic heterocycles. The summed E-state index contributed by atoms with van der Waals surface area (Å²) in [6.07, 6.45) is 1.28. The molecule has 0 spiro atoms. The zero-order valence-corrected chi connectivity index (χ0v) is 10.9. The average Bonchev–Trinajstić information content (AvgIpc) is 2.81. The molecule has 1 heterocycles. The van der Waals surface area contributed by atoms with E-state index in [9.17, 15) is 8.42 Å². The van der Waals surface area contributed by atoms with Crippen molar-refractivity contribution in [3.63, 3.8) is 0 Å². The molecule has 1 aliphatic rings. The molecule has 1 aliphatic carbocycles. The maximum atomic E-state index is 11.4. The molecule has 0 aromatic carbocycles. The van der Waals surface area contributed by atoms with Crippen LogP contribution in [-0.4, -0.2) is 22.0 Å². The van der Waals surface area contributed by atoms with Crippen molar-refractivity contribution in [2.75, 3.05) is 13.6 Å². The van der Waals surface area contributed by atoms with Crippen LogP contribution in [0.4, 0.5) is 0 Å². The van der Waals surface area contributed by atoms with Gasteiger partial charge in [0.2, 0.25) is 5.09 Å². The van der Waals surface area contributed by atoms with Crippen LogP contribution in [0.1, 0.15) is 19.1 Å². The normalized spacial score (nSPS) is 23.9. The molecule has 17 heavy (non-hydrogen) atoms. The lowest BCUT2D eigenvalue weighted by molar-refractivity contribution is 0.398. The van der Waals surface area contributed by atoms with Gasteiger partial charge >= 0.3 is 0 Å². The fourth-order valence-electron chi connectivity index (χ4n) is 1.76. The molecule has 0 bridgehead atoms. The fourth-order valence-corrected chi connectivity index (χ4v) is 2.43. The second kappa shape index (κ2) is 4.80. The molecule has 2 unspecified atom stereocenters. The van der Waals surface area contributed by atoms with Gasteiger partial charge in [0.1, 0.15) is 5.76 Å². The molecule has 2 atom stereocenters. The zero-order valence-electron chi connectivity index (χ0n) is 10.1. The maximum absolute atomic E-state index is 11.4. The van der Waals surface area contributed by atoms with Crippen LogP contribution in [0.2, 0.25) is 0 Å². The molecule has 5 nitrogen and oxygen atoms in total. The van der Waals surface area contributed by atoms with Crippen molar-refractivity contribution < 1.29 is 12.8 Å². The number of sulfonamides is 1. The average molecular weight is 258 g/mol. The Bertz CT molecular complexity index is 481. The first-order chi connectivity index (χ1) is 8.03. The third-order valence-corrected chi connectivity index (χ3v) is 4.44. The Morgan fingerprint density at radius 2 is 2.18 bits per heavy atom. The Hall–Kier alpha value is -0.850. The molecule has 2 N–H and O–H groups in total. The van der Waals surface area contributed by atoms with Gasteiger partial charge in [-0.3, -0.25) is 0 Å². The van der Waals surface area contributed by atoms with Crippen LogP contribution >= 0.6 is 0 Å². The smallest absolute Gasteiger partial charge is 0.273 e. The highest BCUT2D eigenvalue weighted by Crippen LogP contribution is 2.36. The van der Waals surface area contributed by atoms with Gasteiger partial charge in [0.25, 0.3) is 10.0 Å². The third-order valence-electron chi connectivity index (χ3n) is 3.15. The van der Waals surface area contributed by atoms with Crippen LogP contribution < -0.4 is 10.0 Å². The molecular formula is C11H18N2O3S. The first kappa shape index (κ1) is 12.6. The van der Waals surface area contributed by atoms with Gasteiger partial charge in [-0.25, -0.2) is 13.1 Å². The van der Waals surface area contributed by atoms with E-state index < -0.39 is 10.0 Å². The van der Waals surface area contributed by atoms with Gasteiger partial charge in [0, 0.05) is 0 Å². The molecule has 1 aromatic rings. The summed E-state index contributed by atoms with van der Waals surface area (Å²) in [4.78, 5) is 0. The van der Waals surface area contributed by atoms with E-state index in [1.165, 1.54) is 19.5 Å². The lowest BCUT2D eigenvalue weighted by Gasteiger charge is -2.01. The van der Waals surface area contributed by atoms with Crippen LogP contribution in [-0.2, 0) is 16.6 Å². The molecule has 1 saturated carbocycles. The Morgan fingerprint density at radius 1 is 1.47 bits per heavy atom. The topological polar surface area (TPSA) is 71.3 Å². The largest absolute Gasteiger partial charge is 0.447 e. The SMILES string of the molecule is CNS(=O)(=O)c1ccc(CNCC2CC2C)o1. The molecule has 1 fully saturated rings. The van der Waals surface area contributed by atoms with Crippen LogP contribution in [0, 0.1) is 11.8 Å². The highest BCUT2D eigenvalue weighted by Gasteiger charge is 2.31. The minimum Gasteiger partial charge on any atom is -0.447 e. The molecule has 0 radical (unpaired) electrons. The van der Waals surface area contributed by atoms with Crippen molar-refractivity contribution in [2.24, 2.45) is 11.8 Å². The minimum absolute atomic E-state index is 0.0309. The van der Waals surface area contributed by atoms with Gasteiger partial charge in [-0.2, -0.15) is 0 Å². The van der Waals surface area contributed by atoms with E-state index in [1.807, 2.05) is 0 Å². The van der Waals surface area contributed by atoms with Gasteiger partial charge in [-0.1, -0.05) is 6.92 Å². The van der Waals surface area contributed by atoms with Crippen molar-refractivity contribution in [2.45, 2.75) is 25.0 Å². The van der Waals surface area contributed by atoms with Crippen molar-refractivity contribution in [1.82, 2.24) is 10.0 Å². The predicted molar refractivity (Wildman–Crippen MR) is 63.9 cm³/mol. The van der Waals surface area contributed by atoms with Gasteiger partial charge < -0.3 is 9.73 Å². The Labute approximate surface area is 102 Å². The van der Waals surface area contributed by atoms with E-state index in [0.717, 1.165) is 18.4 Å². The van der Waals surface area contributed by atoms with E-state index in [4.69, 9.17) is 4.42 Å². The van der Waals surface area contributed by atoms with Crippen molar-refractivity contribution in [3.8, 4) is 0 Å². The van der Waals surface area contributed by atoms with E-state index >= 15 is 0 Å². The van der Waals surface area contributed by atoms with Gasteiger partial charge in [0.05, 0.1) is 6.54 Å². The number of furan rings is 1. The third kappa shape index (κ3) is 3.08. The van der Waals surface area contributed by atoms with E-state index in [1.54, 1.807) is 6.07 Å². The molecule has 1 aromatic heterocycles. The lowest BCUT2D eigenvalue weighted by Crippen LogP contribution is -2.18. The highest BCUT2D eigenvalue weighted by atomic mass is 32.2. The quantitative estimate of drug-likeness (QED) is 0.796. The molecule has 96 valence electrons. The van der Waals surface area contributed by atoms with Crippen LogP contribution in [0.3, 0.4) is 0 Å². The Morgan fingerprint density at radius 3 is 2.76 bits per heavy atom. The summed E-state index contributed by atoms with van der Waals surface area (Å²) in [6, 6.07) is 3.16. The Balaban J connectivity index is 1.86. The molecular weight excluding hydrogens is 240 g/mol. The standard InChI is InChI=1S/C11H18N2O3S/c1-8-5-9(8)6-13-7-10-3-4-11(16-10)17(14,15)12-2/h3-4,8-9,12-13H,5-7H2,1-2H3. The number of rotatable bonds is 6. The molecule has 2 rings (SSSR count). The Kier molecular flexibility index (Phi) is 3.56. The summed E-state index contributed by atoms with van der Waals surface area (Å²) in [6.45, 7) is 3.77. The lowest BCUT2D eigenvalue weighted by atomic mass is 10.3. The first-order valence-electron chi connectivity index (χ1n) is 5.76. The molecule has 6 heteroatoms. The van der Waals surface area contributed by atoms with Gasteiger partial charge in [-0.05, 0) is 44.0 Å². The van der Waals surface area contributed by atoms with Gasteiger partial charge in [0.15, 0.2) is 0 Å². The van der Waals surface area contributed by atoms with E-state index in [0.29, 0.717) is 12.3 Å². The fraction of sp³-hybridized carbons (Fsp3) is 0.636. The molecule has 0 amide bonds. The summed E-state index contributed by atoms with van der Waals surface area (Å²) in [7, 11) is -2.09. The summed E-state index contributed by atoms with van der Waals surface area (Å²) in [5, 5.41) is 3.24. The van der Waals surface area contributed by atoms with E-state index in [2.05, 4.69) is 17.0 Å². The summed E-state index contributed by atoms with van der Waals surface area (Å²) in [5.41, 5.74) is 0. The maximum Gasteiger partial charge on any atom is 0.273 e. The number of nitrogens with one attached hydrogen (secondary N) is 2. The first-order valence-corrected chi connectivity index (χ1v) is 7.24. The van der Waals surface area contributed by atoms with Gasteiger partial charge in [-0.15, -0.1) is 0 Å². The summed E-state index contributed by atoms with van der Waals surface area (Å²) >= 11 is 0. The number of hydrogen-bond donors (Lipinski definition) is 2. The highest BCUT2D eigenvalue weighted by molar-refractivity contribution is 7.89. The predicted octanol–water partition coefficient (Wildman–Crippen LogP) is 0.933. The second-order valence-corrected chi connectivity index (χ2v) is 6.35. The van der Waals surface area contributed by atoms with Crippen LogP contribution in [0.15, 0.2) is 21.6 Å². The van der Waals surface area contributed by atoms with Crippen molar-refractivity contribution >= 4 is 10.0 Å². The minimum atomic E-state index is -3.46. The zero-order chi connectivity index (χ0) is 12.5. The summed E-state index contributed by atoms with van der Waals surface area (Å²) < 4.78 is 30.3. The monoisotopic (exact) mass is 258 g/mol. The van der Waals surface area contributed by atoms with Crippen LogP contribution in [0.25, 0.3) is 0 Å². The van der Waals surface area contributed by atoms with Crippen LogP contribution in [0.5, 0.6) is 0 Å². The molecule has 0 saturated heterocycles. The van der Waals surface area contributed by atoms with Crippen molar-refractivity contribution in [1.29, 1.82) is 0 Å². The van der Waals surface area contributed by atoms with E-state index in [-0.39, 0.29) is 5.09 Å². The number of hydrogen-bond acceptors (Lipinski definition) is 4. The summed E-state index contributed by atoms with van der Waals surface area (Å²) in [5.74, 6) is 2.23. The van der Waals surface area contributed by atoms with Crippen molar-refractivity contribution in [3.05, 3.63) is 17.9 Å².